The fourth-order valence-corrected chi connectivity index (χ4v) is 5.74. The van der Waals surface area contributed by atoms with Gasteiger partial charge in [0.1, 0.15) is 22.2 Å². The maximum atomic E-state index is 13.0. The lowest BCUT2D eigenvalue weighted by molar-refractivity contribution is -0.146. The highest BCUT2D eigenvalue weighted by Gasteiger charge is 2.42. The van der Waals surface area contributed by atoms with E-state index in [4.69, 9.17) is 0 Å². The summed E-state index contributed by atoms with van der Waals surface area (Å²) in [5, 5.41) is 24.1. The number of aliphatic hydroxyl groups is 1. The number of pyridine rings is 2. The number of carboxylic acid groups (broad SMARTS) is 1. The number of anilines is 2. The number of nitrogens with zero attached hydrogens (tertiary/aromatic N) is 3. The second-order valence-electron chi connectivity index (χ2n) is 9.58. The van der Waals surface area contributed by atoms with Crippen LogP contribution >= 0.6 is 11.3 Å². The van der Waals surface area contributed by atoms with Crippen molar-refractivity contribution in [1.29, 1.82) is 0 Å². The quantitative estimate of drug-likeness (QED) is 0.365. The van der Waals surface area contributed by atoms with Crippen molar-refractivity contribution in [3.8, 4) is 10.6 Å². The van der Waals surface area contributed by atoms with Crippen LogP contribution in [0, 0.1) is 24.7 Å². The van der Waals surface area contributed by atoms with Gasteiger partial charge in [0.25, 0.3) is 0 Å². The van der Waals surface area contributed by atoms with Gasteiger partial charge < -0.3 is 15.5 Å². The molecule has 11 heteroatoms. The molecule has 0 amide bonds. The summed E-state index contributed by atoms with van der Waals surface area (Å²) in [6.07, 6.45) is -0.0958. The Balaban J connectivity index is 1.55. The number of carboxylic acids is 1. The van der Waals surface area contributed by atoms with E-state index in [1.165, 1.54) is 11.3 Å². The summed E-state index contributed by atoms with van der Waals surface area (Å²) in [5.74, 6) is -1.03. The van der Waals surface area contributed by atoms with Gasteiger partial charge in [-0.2, -0.15) is 13.2 Å². The molecule has 0 radical (unpaired) electrons. The van der Waals surface area contributed by atoms with Crippen LogP contribution in [-0.2, 0) is 16.6 Å². The van der Waals surface area contributed by atoms with Crippen molar-refractivity contribution in [2.24, 2.45) is 17.8 Å². The Morgan fingerprint density at radius 2 is 1.92 bits per heavy atom. The Morgan fingerprint density at radius 3 is 2.58 bits per heavy atom. The minimum Gasteiger partial charge on any atom is -0.481 e. The maximum Gasteiger partial charge on any atom is 0.416 e. The molecule has 4 rings (SSSR count). The van der Waals surface area contributed by atoms with E-state index in [1.54, 1.807) is 19.2 Å². The summed E-state index contributed by atoms with van der Waals surface area (Å²) < 4.78 is 39.1. The minimum absolute atomic E-state index is 0.0212. The Kier molecular flexibility index (Phi) is 7.07. The molecule has 3 aromatic rings. The van der Waals surface area contributed by atoms with Gasteiger partial charge in [-0.1, -0.05) is 6.92 Å². The highest BCUT2D eigenvalue weighted by molar-refractivity contribution is 7.15. The molecule has 36 heavy (non-hydrogen) atoms. The van der Waals surface area contributed by atoms with Crippen LogP contribution in [0.3, 0.4) is 0 Å². The van der Waals surface area contributed by atoms with E-state index < -0.39 is 29.2 Å². The Hall–Kier alpha value is -3.05. The van der Waals surface area contributed by atoms with Gasteiger partial charge in [0.05, 0.1) is 22.1 Å². The summed E-state index contributed by atoms with van der Waals surface area (Å²) in [6.45, 7) is 5.46. The molecular formula is C25H27F3N4O3S. The predicted molar refractivity (Wildman–Crippen MR) is 130 cm³/mol. The van der Waals surface area contributed by atoms with E-state index in [9.17, 15) is 28.2 Å². The van der Waals surface area contributed by atoms with Crippen molar-refractivity contribution in [1.82, 2.24) is 15.0 Å². The summed E-state index contributed by atoms with van der Waals surface area (Å²) in [5.41, 5.74) is -0.647. The van der Waals surface area contributed by atoms with E-state index in [1.807, 2.05) is 19.9 Å². The van der Waals surface area contributed by atoms with Crippen molar-refractivity contribution >= 4 is 28.9 Å². The fraction of sp³-hybridized carbons (Fsp3) is 0.440. The molecule has 0 spiro atoms. The number of thiazole rings is 1. The molecule has 1 aliphatic rings. The van der Waals surface area contributed by atoms with Crippen molar-refractivity contribution in [2.45, 2.75) is 51.8 Å². The Morgan fingerprint density at radius 1 is 1.17 bits per heavy atom. The predicted octanol–water partition coefficient (Wildman–Crippen LogP) is 6.02. The molecule has 0 aromatic carbocycles. The van der Waals surface area contributed by atoms with Gasteiger partial charge in [-0.05, 0) is 74.8 Å². The van der Waals surface area contributed by atoms with Crippen molar-refractivity contribution < 1.29 is 28.2 Å². The number of hydrogen-bond acceptors (Lipinski definition) is 7. The first-order valence-electron chi connectivity index (χ1n) is 11.6. The van der Waals surface area contributed by atoms with E-state index >= 15 is 0 Å². The normalized spacial score (nSPS) is 22.1. The topological polar surface area (TPSA) is 108 Å². The summed E-state index contributed by atoms with van der Waals surface area (Å²) >= 11 is 1.29. The lowest BCUT2D eigenvalue weighted by Gasteiger charge is -2.39. The molecule has 1 saturated carbocycles. The van der Waals surface area contributed by atoms with Gasteiger partial charge in [-0.15, -0.1) is 11.3 Å². The maximum absolute atomic E-state index is 13.0. The zero-order valence-corrected chi connectivity index (χ0v) is 20.8. The number of carbonyl (C=O) groups is 1. The fourth-order valence-electron chi connectivity index (χ4n) is 4.74. The third kappa shape index (κ3) is 5.52. The van der Waals surface area contributed by atoms with Crippen molar-refractivity contribution in [2.75, 3.05) is 5.32 Å². The number of aromatic nitrogens is 3. The molecule has 0 saturated heterocycles. The Labute approximate surface area is 210 Å². The van der Waals surface area contributed by atoms with Gasteiger partial charge >= 0.3 is 12.1 Å². The molecular weight excluding hydrogens is 493 g/mol. The van der Waals surface area contributed by atoms with Crippen LogP contribution in [0.1, 0.15) is 49.2 Å². The molecule has 3 aromatic heterocycles. The summed E-state index contributed by atoms with van der Waals surface area (Å²) in [7, 11) is 0. The second kappa shape index (κ2) is 9.78. The lowest BCUT2D eigenvalue weighted by atomic mass is 9.69. The number of nitrogens with one attached hydrogen (secondary N) is 1. The molecule has 1 aliphatic carbocycles. The van der Waals surface area contributed by atoms with E-state index in [0.717, 1.165) is 23.9 Å². The van der Waals surface area contributed by atoms with Gasteiger partial charge in [0, 0.05) is 12.4 Å². The van der Waals surface area contributed by atoms with Crippen LogP contribution in [0.5, 0.6) is 0 Å². The SMILES string of the molecule is Cc1cc(Nc2cc(C(F)(F)F)ccn2)nc(-c2cnc(C(C)(O)C3CCC(C(=O)O)C(C)C3)s2)c1. The number of aliphatic carboxylic acids is 1. The van der Waals surface area contributed by atoms with Crippen LogP contribution in [0.4, 0.5) is 24.8 Å². The molecule has 0 aliphatic heterocycles. The standard InChI is InChI=1S/C25H27F3N4O3S/c1-13-8-18(31-21(9-13)32-20-11-16(6-7-29-20)25(26,27)28)19-12-30-23(36-19)24(3,35)15-4-5-17(22(33)34)14(2)10-15/h6-9,11-12,14-15,17,35H,4-5,10H2,1-3H3,(H,33,34)(H,29,31,32). The first-order chi connectivity index (χ1) is 16.8. The van der Waals surface area contributed by atoms with Gasteiger partial charge in [-0.25, -0.2) is 15.0 Å². The number of hydrogen-bond donors (Lipinski definition) is 3. The van der Waals surface area contributed by atoms with Crippen molar-refractivity contribution in [3.63, 3.8) is 0 Å². The molecule has 4 unspecified atom stereocenters. The van der Waals surface area contributed by atoms with Crippen LogP contribution in [0.2, 0.25) is 0 Å². The number of aryl methyl sites for hydroxylation is 1. The lowest BCUT2D eigenvalue weighted by Crippen LogP contribution is -2.39. The molecule has 3 N–H and O–H groups in total. The average Bonchev–Trinajstić information content (AvgIpc) is 3.29. The molecule has 1 fully saturated rings. The molecule has 3 heterocycles. The van der Waals surface area contributed by atoms with Crippen LogP contribution < -0.4 is 5.32 Å². The second-order valence-corrected chi connectivity index (χ2v) is 10.6. The number of halogens is 3. The summed E-state index contributed by atoms with van der Waals surface area (Å²) in [6, 6.07) is 5.36. The van der Waals surface area contributed by atoms with Gasteiger partial charge in [0.2, 0.25) is 0 Å². The monoisotopic (exact) mass is 520 g/mol. The highest BCUT2D eigenvalue weighted by Crippen LogP contribution is 2.45. The van der Waals surface area contributed by atoms with Gasteiger partial charge in [0.15, 0.2) is 0 Å². The zero-order chi connectivity index (χ0) is 26.3. The largest absolute Gasteiger partial charge is 0.481 e. The highest BCUT2D eigenvalue weighted by atomic mass is 32.1. The van der Waals surface area contributed by atoms with E-state index in [0.29, 0.717) is 40.7 Å². The zero-order valence-electron chi connectivity index (χ0n) is 20.0. The van der Waals surface area contributed by atoms with E-state index in [2.05, 4.69) is 20.3 Å². The van der Waals surface area contributed by atoms with Crippen LogP contribution in [0.15, 0.2) is 36.7 Å². The third-order valence-corrected chi connectivity index (χ3v) is 8.03. The first-order valence-corrected chi connectivity index (χ1v) is 12.4. The Bertz CT molecular complexity index is 1260. The first kappa shape index (κ1) is 26.0. The summed E-state index contributed by atoms with van der Waals surface area (Å²) in [4.78, 5) is 25.1. The van der Waals surface area contributed by atoms with Crippen LogP contribution in [-0.4, -0.2) is 31.1 Å². The molecule has 7 nitrogen and oxygen atoms in total. The number of rotatable bonds is 6. The third-order valence-electron chi connectivity index (χ3n) is 6.79. The van der Waals surface area contributed by atoms with E-state index in [-0.39, 0.29) is 17.7 Å². The molecule has 192 valence electrons. The average molecular weight is 521 g/mol. The van der Waals surface area contributed by atoms with Crippen LogP contribution in [0.25, 0.3) is 10.6 Å². The molecule has 4 atom stereocenters. The minimum atomic E-state index is -4.48. The van der Waals surface area contributed by atoms with Gasteiger partial charge in [-0.3, -0.25) is 4.79 Å². The smallest absolute Gasteiger partial charge is 0.416 e. The molecule has 0 bridgehead atoms. The van der Waals surface area contributed by atoms with Crippen molar-refractivity contribution in [3.05, 3.63) is 52.8 Å². The number of alkyl halides is 3.